The van der Waals surface area contributed by atoms with Crippen molar-refractivity contribution in [2.24, 2.45) is 0 Å². The average molecular weight is 91.9 g/mol. The molecule has 0 spiro atoms. The van der Waals surface area contributed by atoms with Gasteiger partial charge < -0.3 is 0 Å². The fourth-order valence-corrected chi connectivity index (χ4v) is 0. The van der Waals surface area contributed by atoms with Gasteiger partial charge in [0.25, 0.3) is 0 Å². The summed E-state index contributed by atoms with van der Waals surface area (Å²) < 4.78 is 9.20. The summed E-state index contributed by atoms with van der Waals surface area (Å²) in [6, 6.07) is 0. The van der Waals surface area contributed by atoms with Crippen LogP contribution in [0.4, 0.5) is 0 Å². The molecular weight excluding hydrogens is 89.9 g/mol. The summed E-state index contributed by atoms with van der Waals surface area (Å²) in [5.41, 5.74) is 0. The van der Waals surface area contributed by atoms with E-state index >= 15 is 0 Å². The number of thiol groups is 1. The third kappa shape index (κ3) is 2.51. The van der Waals surface area contributed by atoms with Gasteiger partial charge in [-0.15, -0.1) is 0 Å². The van der Waals surface area contributed by atoms with Crippen LogP contribution >= 0.6 is 18.5 Å². The zero-order valence-electron chi connectivity index (χ0n) is 2.01. The van der Waals surface area contributed by atoms with Gasteiger partial charge in [0, 0.05) is 0 Å². The number of hydrogen-bond acceptors (Lipinski definition) is 1. The van der Waals surface area contributed by atoms with E-state index in [1.165, 1.54) is 0 Å². The van der Waals surface area contributed by atoms with Crippen molar-refractivity contribution in [1.29, 1.82) is 0 Å². The SMILES string of the molecule is B=[SH]P=O. The van der Waals surface area contributed by atoms with Gasteiger partial charge in [0.2, 0.25) is 0 Å². The molecule has 0 aliphatic heterocycles. The molecule has 0 aromatic carbocycles. The van der Waals surface area contributed by atoms with Gasteiger partial charge in [-0.2, -0.15) is 0 Å². The van der Waals surface area contributed by atoms with Crippen LogP contribution in [0.5, 0.6) is 0 Å². The summed E-state index contributed by atoms with van der Waals surface area (Å²) in [6.45, 7) is 3.25. The zero-order valence-corrected chi connectivity index (χ0v) is 3.80. The molecule has 0 unspecified atom stereocenters. The third-order valence-corrected chi connectivity index (χ3v) is 0.520. The van der Waals surface area contributed by atoms with Crippen molar-refractivity contribution < 1.29 is 4.57 Å². The summed E-state index contributed by atoms with van der Waals surface area (Å²) in [5.74, 6) is 0. The Morgan fingerprint density at radius 1 is 2.00 bits per heavy atom. The van der Waals surface area contributed by atoms with Crippen LogP contribution in [-0.2, 0) is 4.57 Å². The Labute approximate surface area is 30.6 Å². The van der Waals surface area contributed by atoms with Crippen molar-refractivity contribution in [3.8, 4) is 0 Å². The van der Waals surface area contributed by atoms with E-state index < -0.39 is 0 Å². The molecule has 0 heterocycles. The van der Waals surface area contributed by atoms with Crippen LogP contribution in [-0.4, -0.2) is 6.72 Å². The van der Waals surface area contributed by atoms with Crippen molar-refractivity contribution in [3.05, 3.63) is 0 Å². The monoisotopic (exact) mass is 92.0 g/mol. The van der Waals surface area contributed by atoms with Gasteiger partial charge in [0.1, 0.15) is 0 Å². The number of rotatable bonds is 1. The van der Waals surface area contributed by atoms with E-state index in [0.717, 1.165) is 0 Å². The number of hydrogen-bond donors (Lipinski definition) is 1. The second-order valence-electron chi connectivity index (χ2n) is 0.223. The Bertz CT molecular complexity index is 29.0. The van der Waals surface area contributed by atoms with Gasteiger partial charge in [-0.25, -0.2) is 0 Å². The average Bonchev–Trinajstić information content (AvgIpc) is 1.37. The van der Waals surface area contributed by atoms with Gasteiger partial charge in [-0.1, -0.05) is 0 Å². The fraction of sp³-hybridized carbons (Fsp3) is 0. The molecule has 0 N–H and O–H groups in total. The van der Waals surface area contributed by atoms with Crippen molar-refractivity contribution in [2.75, 3.05) is 0 Å². The predicted molar refractivity (Wildman–Crippen MR) is 23.7 cm³/mol. The molecule has 0 radical (unpaired) electrons. The molecule has 1 nitrogen and oxygen atoms in total. The van der Waals surface area contributed by atoms with Crippen molar-refractivity contribution in [2.45, 2.75) is 0 Å². The summed E-state index contributed by atoms with van der Waals surface area (Å²) >= 11 is 0. The Hall–Kier alpha value is 0.515. The van der Waals surface area contributed by atoms with Crippen LogP contribution < -0.4 is 0 Å². The Kier molecular flexibility index (Phi) is 3.97. The van der Waals surface area contributed by atoms with E-state index in [-0.39, 0.29) is 7.66 Å². The topological polar surface area (TPSA) is 17.1 Å². The van der Waals surface area contributed by atoms with Crippen LogP contribution in [0.25, 0.3) is 0 Å². The first-order chi connectivity index (χ1) is 1.91. The molecule has 0 aliphatic carbocycles. The fourth-order valence-electron chi connectivity index (χ4n) is 0. The van der Waals surface area contributed by atoms with Crippen LogP contribution in [0.15, 0.2) is 0 Å². The zero-order chi connectivity index (χ0) is 3.41. The summed E-state index contributed by atoms with van der Waals surface area (Å²) in [5, 5.41) is 0. The Morgan fingerprint density at radius 2 is 2.25 bits per heavy atom. The van der Waals surface area contributed by atoms with E-state index in [2.05, 4.69) is 6.72 Å². The summed E-state index contributed by atoms with van der Waals surface area (Å²) in [6.07, 6.45) is 0. The summed E-state index contributed by atoms with van der Waals surface area (Å²) in [7, 11) is 0.775. The molecule has 0 amide bonds. The van der Waals surface area contributed by atoms with E-state index in [9.17, 15) is 4.57 Å². The van der Waals surface area contributed by atoms with Crippen molar-refractivity contribution in [1.82, 2.24) is 0 Å². The van der Waals surface area contributed by atoms with Gasteiger partial charge >= 0.3 is 29.8 Å². The third-order valence-electron chi connectivity index (χ3n) is 0.0577. The molecule has 0 fully saturated rings. The molecule has 4 heteroatoms. The van der Waals surface area contributed by atoms with Gasteiger partial charge in [0.15, 0.2) is 0 Å². The minimum absolute atomic E-state index is 0.110. The molecule has 0 saturated carbocycles. The molecule has 0 saturated heterocycles. The molecule has 22 valence electrons. The summed E-state index contributed by atoms with van der Waals surface area (Å²) in [4.78, 5) is 0. The van der Waals surface area contributed by atoms with E-state index in [4.69, 9.17) is 0 Å². The Balaban J connectivity index is 2.73. The molecule has 0 aromatic heterocycles. The van der Waals surface area contributed by atoms with Gasteiger partial charge in [-0.05, 0) is 0 Å². The standard InChI is InChI=1S/BH2OPS/c1-4-3-2/h1,4H. The molecule has 0 bridgehead atoms. The van der Waals surface area contributed by atoms with Crippen LogP contribution in [0, 0.1) is 0 Å². The molecule has 0 aliphatic rings. The quantitative estimate of drug-likeness (QED) is 0.282. The predicted octanol–water partition coefficient (Wildman–Crippen LogP) is 0.474. The van der Waals surface area contributed by atoms with Gasteiger partial charge in [0.05, 0.1) is 0 Å². The normalized spacial score (nSPS) is 7.75. The Morgan fingerprint density at radius 3 is 2.25 bits per heavy atom. The first-order valence-electron chi connectivity index (χ1n) is 0.699. The second kappa shape index (κ2) is 3.51. The maximum atomic E-state index is 9.20. The van der Waals surface area contributed by atoms with Gasteiger partial charge in [-0.3, -0.25) is 0 Å². The molecule has 0 aromatic rings. The molecule has 0 atom stereocenters. The van der Waals surface area contributed by atoms with Crippen molar-refractivity contribution >= 4 is 25.2 Å². The second-order valence-corrected chi connectivity index (χ2v) is 2.01. The van der Waals surface area contributed by atoms with Crippen LogP contribution in [0.2, 0.25) is 0 Å². The molecular formula is H2BOPS. The van der Waals surface area contributed by atoms with Crippen molar-refractivity contribution in [3.63, 3.8) is 0 Å². The minimum atomic E-state index is 0.110. The molecule has 0 rings (SSSR count). The van der Waals surface area contributed by atoms with Crippen LogP contribution in [0.3, 0.4) is 0 Å². The van der Waals surface area contributed by atoms with E-state index in [1.54, 1.807) is 0 Å². The van der Waals surface area contributed by atoms with E-state index in [0.29, 0.717) is 10.8 Å². The molecule has 4 heavy (non-hydrogen) atoms. The first-order valence-corrected chi connectivity index (χ1v) is 3.30. The first kappa shape index (κ1) is 4.51. The maximum absolute atomic E-state index is 9.20. The van der Waals surface area contributed by atoms with E-state index in [1.807, 2.05) is 0 Å². The van der Waals surface area contributed by atoms with Crippen LogP contribution in [0.1, 0.15) is 0 Å².